The van der Waals surface area contributed by atoms with Gasteiger partial charge in [-0.25, -0.2) is 4.98 Å². The average Bonchev–Trinajstić information content (AvgIpc) is 2.89. The van der Waals surface area contributed by atoms with Crippen molar-refractivity contribution in [3.8, 4) is 5.75 Å². The van der Waals surface area contributed by atoms with Crippen LogP contribution in [-0.4, -0.2) is 16.7 Å². The van der Waals surface area contributed by atoms with Crippen molar-refractivity contribution in [3.05, 3.63) is 48.5 Å². The van der Waals surface area contributed by atoms with Crippen molar-refractivity contribution in [1.29, 1.82) is 0 Å². The van der Waals surface area contributed by atoms with E-state index in [2.05, 4.69) is 28.6 Å². The minimum atomic E-state index is 0.545. The summed E-state index contributed by atoms with van der Waals surface area (Å²) in [7, 11) is 1.69. The minimum absolute atomic E-state index is 0.545. The van der Waals surface area contributed by atoms with E-state index in [0.717, 1.165) is 18.7 Å². The molecule has 17 heavy (non-hydrogen) atoms. The molecule has 0 spiro atoms. The summed E-state index contributed by atoms with van der Waals surface area (Å²) in [5.41, 5.74) is 1.35. The number of hydrogen-bond acceptors (Lipinski definition) is 2. The number of imidazole rings is 1. The van der Waals surface area contributed by atoms with Crippen molar-refractivity contribution in [1.82, 2.24) is 9.55 Å². The molecule has 2 rings (SSSR count). The smallest absolute Gasteiger partial charge is 0.118 e. The van der Waals surface area contributed by atoms with Crippen molar-refractivity contribution in [2.24, 2.45) is 0 Å². The second-order valence-corrected chi connectivity index (χ2v) is 4.26. The Balaban J connectivity index is 1.92. The largest absolute Gasteiger partial charge is 0.497 e. The van der Waals surface area contributed by atoms with Crippen LogP contribution in [0.15, 0.2) is 43.0 Å². The van der Waals surface area contributed by atoms with Crippen LogP contribution in [0.4, 0.5) is 0 Å². The number of methoxy groups -OCH3 is 1. The summed E-state index contributed by atoms with van der Waals surface area (Å²) in [6.07, 6.45) is 6.79. The molecule has 1 aromatic heterocycles. The number of aryl methyl sites for hydroxylation is 1. The standard InChI is InChI=1S/C14H18N2O/c1-12(7-9-16-10-8-15-11-16)13-3-5-14(17-2)6-4-13/h3-6,8,10-12H,7,9H2,1-2H3. The van der Waals surface area contributed by atoms with Crippen LogP contribution < -0.4 is 4.74 Å². The molecule has 0 radical (unpaired) electrons. The van der Waals surface area contributed by atoms with Gasteiger partial charge in [0.1, 0.15) is 5.75 Å². The Bertz CT molecular complexity index is 434. The molecule has 0 bridgehead atoms. The molecular formula is C14H18N2O. The lowest BCUT2D eigenvalue weighted by atomic mass is 9.98. The van der Waals surface area contributed by atoms with Crippen LogP contribution in [0.5, 0.6) is 5.75 Å². The van der Waals surface area contributed by atoms with Crippen LogP contribution in [0.3, 0.4) is 0 Å². The highest BCUT2D eigenvalue weighted by molar-refractivity contribution is 5.28. The number of benzene rings is 1. The molecule has 1 unspecified atom stereocenters. The fourth-order valence-corrected chi connectivity index (χ4v) is 1.86. The molecule has 0 N–H and O–H groups in total. The lowest BCUT2D eigenvalue weighted by Gasteiger charge is -2.12. The lowest BCUT2D eigenvalue weighted by molar-refractivity contribution is 0.414. The molecule has 0 saturated carbocycles. The van der Waals surface area contributed by atoms with E-state index in [1.807, 2.05) is 30.9 Å². The molecule has 1 atom stereocenters. The predicted octanol–water partition coefficient (Wildman–Crippen LogP) is 3.09. The van der Waals surface area contributed by atoms with Crippen molar-refractivity contribution < 1.29 is 4.74 Å². The van der Waals surface area contributed by atoms with Crippen LogP contribution in [0.2, 0.25) is 0 Å². The highest BCUT2D eigenvalue weighted by atomic mass is 16.5. The average molecular weight is 230 g/mol. The number of rotatable bonds is 5. The van der Waals surface area contributed by atoms with Gasteiger partial charge in [-0.1, -0.05) is 19.1 Å². The zero-order chi connectivity index (χ0) is 12.1. The fourth-order valence-electron chi connectivity index (χ4n) is 1.86. The number of hydrogen-bond donors (Lipinski definition) is 0. The topological polar surface area (TPSA) is 27.1 Å². The quantitative estimate of drug-likeness (QED) is 0.789. The summed E-state index contributed by atoms with van der Waals surface area (Å²) < 4.78 is 7.27. The second-order valence-electron chi connectivity index (χ2n) is 4.26. The third-order valence-electron chi connectivity index (χ3n) is 3.06. The molecule has 0 aliphatic rings. The van der Waals surface area contributed by atoms with Gasteiger partial charge in [-0.3, -0.25) is 0 Å². The van der Waals surface area contributed by atoms with Gasteiger partial charge in [-0.2, -0.15) is 0 Å². The first-order valence-electron chi connectivity index (χ1n) is 5.89. The normalized spacial score (nSPS) is 12.4. The van der Waals surface area contributed by atoms with Crippen LogP contribution in [0, 0.1) is 0 Å². The van der Waals surface area contributed by atoms with Crippen LogP contribution >= 0.6 is 0 Å². The molecule has 0 amide bonds. The van der Waals surface area contributed by atoms with Gasteiger partial charge in [0.05, 0.1) is 13.4 Å². The first-order valence-corrected chi connectivity index (χ1v) is 5.89. The molecule has 0 saturated heterocycles. The Morgan fingerprint density at radius 3 is 2.65 bits per heavy atom. The first-order chi connectivity index (χ1) is 8.29. The van der Waals surface area contributed by atoms with Gasteiger partial charge in [0, 0.05) is 18.9 Å². The maximum Gasteiger partial charge on any atom is 0.118 e. The minimum Gasteiger partial charge on any atom is -0.497 e. The molecule has 2 aromatic rings. The van der Waals surface area contributed by atoms with Crippen molar-refractivity contribution in [2.75, 3.05) is 7.11 Å². The summed E-state index contributed by atoms with van der Waals surface area (Å²) in [5.74, 6) is 1.46. The monoisotopic (exact) mass is 230 g/mol. The van der Waals surface area contributed by atoms with Gasteiger partial charge in [-0.05, 0) is 30.0 Å². The van der Waals surface area contributed by atoms with Gasteiger partial charge in [0.15, 0.2) is 0 Å². The van der Waals surface area contributed by atoms with E-state index in [1.165, 1.54) is 5.56 Å². The Morgan fingerprint density at radius 2 is 2.06 bits per heavy atom. The Kier molecular flexibility index (Phi) is 3.81. The van der Waals surface area contributed by atoms with Gasteiger partial charge in [-0.15, -0.1) is 0 Å². The Morgan fingerprint density at radius 1 is 1.29 bits per heavy atom. The zero-order valence-corrected chi connectivity index (χ0v) is 10.3. The Hall–Kier alpha value is -1.77. The first kappa shape index (κ1) is 11.7. The molecule has 3 nitrogen and oxygen atoms in total. The van der Waals surface area contributed by atoms with E-state index in [9.17, 15) is 0 Å². The highest BCUT2D eigenvalue weighted by Crippen LogP contribution is 2.22. The molecule has 1 aromatic carbocycles. The van der Waals surface area contributed by atoms with Gasteiger partial charge < -0.3 is 9.30 Å². The molecule has 0 aliphatic heterocycles. The van der Waals surface area contributed by atoms with Crippen molar-refractivity contribution in [3.63, 3.8) is 0 Å². The van der Waals surface area contributed by atoms with E-state index in [4.69, 9.17) is 4.74 Å². The maximum absolute atomic E-state index is 5.16. The number of ether oxygens (including phenoxy) is 1. The SMILES string of the molecule is COc1ccc(C(C)CCn2ccnc2)cc1. The number of aromatic nitrogens is 2. The third kappa shape index (κ3) is 3.09. The lowest BCUT2D eigenvalue weighted by Crippen LogP contribution is -2.01. The molecule has 0 aliphatic carbocycles. The van der Waals surface area contributed by atoms with E-state index in [1.54, 1.807) is 7.11 Å². The van der Waals surface area contributed by atoms with Crippen LogP contribution in [0.25, 0.3) is 0 Å². The fraction of sp³-hybridized carbons (Fsp3) is 0.357. The second kappa shape index (κ2) is 5.53. The molecule has 3 heteroatoms. The van der Waals surface area contributed by atoms with Crippen LogP contribution in [-0.2, 0) is 6.54 Å². The summed E-state index contributed by atoms with van der Waals surface area (Å²) in [5, 5.41) is 0. The van der Waals surface area contributed by atoms with Crippen LogP contribution in [0.1, 0.15) is 24.8 Å². The summed E-state index contributed by atoms with van der Waals surface area (Å²) in [6, 6.07) is 8.31. The number of nitrogens with zero attached hydrogens (tertiary/aromatic N) is 2. The predicted molar refractivity (Wildman–Crippen MR) is 68.3 cm³/mol. The Labute approximate surface area is 102 Å². The molecular weight excluding hydrogens is 212 g/mol. The summed E-state index contributed by atoms with van der Waals surface area (Å²) >= 11 is 0. The molecule has 90 valence electrons. The van der Waals surface area contributed by atoms with Gasteiger partial charge >= 0.3 is 0 Å². The van der Waals surface area contributed by atoms with E-state index >= 15 is 0 Å². The molecule has 1 heterocycles. The van der Waals surface area contributed by atoms with Gasteiger partial charge in [0.25, 0.3) is 0 Å². The third-order valence-corrected chi connectivity index (χ3v) is 3.06. The highest BCUT2D eigenvalue weighted by Gasteiger charge is 2.05. The zero-order valence-electron chi connectivity index (χ0n) is 10.3. The molecule has 0 fully saturated rings. The summed E-state index contributed by atoms with van der Waals surface area (Å²) in [6.45, 7) is 3.26. The maximum atomic E-state index is 5.16. The summed E-state index contributed by atoms with van der Waals surface area (Å²) in [4.78, 5) is 4.04. The van der Waals surface area contributed by atoms with E-state index in [-0.39, 0.29) is 0 Å². The van der Waals surface area contributed by atoms with E-state index in [0.29, 0.717) is 5.92 Å². The van der Waals surface area contributed by atoms with Crippen molar-refractivity contribution >= 4 is 0 Å². The van der Waals surface area contributed by atoms with Crippen molar-refractivity contribution in [2.45, 2.75) is 25.8 Å². The van der Waals surface area contributed by atoms with E-state index < -0.39 is 0 Å². The van der Waals surface area contributed by atoms with Gasteiger partial charge in [0.2, 0.25) is 0 Å².